The minimum absolute atomic E-state index is 0.203. The van der Waals surface area contributed by atoms with Crippen LogP contribution in [0.5, 0.6) is 0 Å². The largest absolute Gasteiger partial charge is 0.478 e. The van der Waals surface area contributed by atoms with E-state index in [-0.39, 0.29) is 11.5 Å². The van der Waals surface area contributed by atoms with E-state index in [9.17, 15) is 9.59 Å². The molecular formula is C15H12INO3. The highest BCUT2D eigenvalue weighted by Crippen LogP contribution is 2.18. The zero-order chi connectivity index (χ0) is 14.7. The van der Waals surface area contributed by atoms with E-state index >= 15 is 0 Å². The molecule has 0 bridgehead atoms. The minimum atomic E-state index is -0.983. The minimum Gasteiger partial charge on any atom is -0.478 e. The molecule has 0 aliphatic heterocycles. The van der Waals surface area contributed by atoms with Crippen LogP contribution in [-0.2, 0) is 0 Å². The monoisotopic (exact) mass is 381 g/mol. The molecule has 20 heavy (non-hydrogen) atoms. The standard InChI is InChI=1S/C15H12INO3/c1-9-7-11(15(19)20)5-6-13(9)17-14(18)10-3-2-4-12(16)8-10/h2-8H,1H3,(H,17,18)(H,19,20). The highest BCUT2D eigenvalue weighted by Gasteiger charge is 2.10. The molecule has 0 radical (unpaired) electrons. The fraction of sp³-hybridized carbons (Fsp3) is 0.0667. The third-order valence-corrected chi connectivity index (χ3v) is 3.48. The number of carboxylic acids is 1. The Hall–Kier alpha value is -1.89. The van der Waals surface area contributed by atoms with Gasteiger partial charge in [0.2, 0.25) is 0 Å². The first-order valence-corrected chi connectivity index (χ1v) is 6.96. The summed E-state index contributed by atoms with van der Waals surface area (Å²) < 4.78 is 0.980. The SMILES string of the molecule is Cc1cc(C(=O)O)ccc1NC(=O)c1cccc(I)c1. The number of nitrogens with one attached hydrogen (secondary N) is 1. The van der Waals surface area contributed by atoms with Gasteiger partial charge in [-0.2, -0.15) is 0 Å². The molecule has 102 valence electrons. The van der Waals surface area contributed by atoms with Gasteiger partial charge in [0, 0.05) is 14.8 Å². The average Bonchev–Trinajstić information content (AvgIpc) is 2.40. The van der Waals surface area contributed by atoms with Crippen molar-refractivity contribution >= 4 is 40.2 Å². The number of carbonyl (C=O) groups is 2. The van der Waals surface area contributed by atoms with Crippen molar-refractivity contribution in [2.75, 3.05) is 5.32 Å². The maximum atomic E-state index is 12.1. The predicted octanol–water partition coefficient (Wildman–Crippen LogP) is 3.55. The molecule has 2 rings (SSSR count). The molecule has 0 atom stereocenters. The molecule has 4 nitrogen and oxygen atoms in total. The zero-order valence-corrected chi connectivity index (χ0v) is 12.8. The first kappa shape index (κ1) is 14.5. The number of aromatic carboxylic acids is 1. The van der Waals surface area contributed by atoms with E-state index in [0.717, 1.165) is 3.57 Å². The molecule has 2 aromatic carbocycles. The Morgan fingerprint density at radius 2 is 1.85 bits per heavy atom. The van der Waals surface area contributed by atoms with Crippen LogP contribution in [-0.4, -0.2) is 17.0 Å². The van der Waals surface area contributed by atoms with E-state index in [1.165, 1.54) is 12.1 Å². The molecule has 0 saturated heterocycles. The van der Waals surface area contributed by atoms with Crippen molar-refractivity contribution in [1.82, 2.24) is 0 Å². The number of aryl methyl sites for hydroxylation is 1. The molecule has 0 aliphatic carbocycles. The van der Waals surface area contributed by atoms with Crippen LogP contribution in [0.2, 0.25) is 0 Å². The lowest BCUT2D eigenvalue weighted by molar-refractivity contribution is 0.0696. The summed E-state index contributed by atoms with van der Waals surface area (Å²) in [5.74, 6) is -1.20. The molecule has 0 saturated carbocycles. The molecule has 0 spiro atoms. The Balaban J connectivity index is 2.22. The maximum absolute atomic E-state index is 12.1. The first-order chi connectivity index (χ1) is 9.47. The Bertz CT molecular complexity index is 683. The fourth-order valence-corrected chi connectivity index (χ4v) is 2.30. The summed E-state index contributed by atoms with van der Waals surface area (Å²) in [4.78, 5) is 23.0. The van der Waals surface area contributed by atoms with Crippen LogP contribution in [0.4, 0.5) is 5.69 Å². The lowest BCUT2D eigenvalue weighted by Gasteiger charge is -2.09. The molecular weight excluding hydrogens is 369 g/mol. The molecule has 0 fully saturated rings. The number of carboxylic acid groups (broad SMARTS) is 1. The van der Waals surface area contributed by atoms with Gasteiger partial charge in [-0.1, -0.05) is 6.07 Å². The van der Waals surface area contributed by atoms with Crippen LogP contribution in [0.1, 0.15) is 26.3 Å². The van der Waals surface area contributed by atoms with Gasteiger partial charge in [0.25, 0.3) is 5.91 Å². The summed E-state index contributed by atoms with van der Waals surface area (Å²) in [6, 6.07) is 11.9. The molecule has 1 amide bonds. The second-order valence-electron chi connectivity index (χ2n) is 4.30. The van der Waals surface area contributed by atoms with Gasteiger partial charge in [-0.25, -0.2) is 4.79 Å². The second-order valence-corrected chi connectivity index (χ2v) is 5.54. The van der Waals surface area contributed by atoms with Crippen LogP contribution in [0.3, 0.4) is 0 Å². The molecule has 0 aromatic heterocycles. The van der Waals surface area contributed by atoms with Crippen LogP contribution >= 0.6 is 22.6 Å². The molecule has 0 aliphatic rings. The summed E-state index contributed by atoms with van der Waals surface area (Å²) in [7, 11) is 0. The summed E-state index contributed by atoms with van der Waals surface area (Å²) in [5.41, 5.74) is 2.09. The third kappa shape index (κ3) is 3.36. The molecule has 0 heterocycles. The Morgan fingerprint density at radius 1 is 1.10 bits per heavy atom. The third-order valence-electron chi connectivity index (χ3n) is 2.81. The smallest absolute Gasteiger partial charge is 0.335 e. The van der Waals surface area contributed by atoms with Gasteiger partial charge >= 0.3 is 5.97 Å². The summed E-state index contributed by atoms with van der Waals surface area (Å²) in [6.45, 7) is 1.76. The Morgan fingerprint density at radius 3 is 2.45 bits per heavy atom. The van der Waals surface area contributed by atoms with Crippen molar-refractivity contribution in [1.29, 1.82) is 0 Å². The maximum Gasteiger partial charge on any atom is 0.335 e. The number of carbonyl (C=O) groups excluding carboxylic acids is 1. The Labute approximate surface area is 130 Å². The lowest BCUT2D eigenvalue weighted by atomic mass is 10.1. The zero-order valence-electron chi connectivity index (χ0n) is 10.7. The van der Waals surface area contributed by atoms with Gasteiger partial charge in [-0.05, 0) is 71.5 Å². The van der Waals surface area contributed by atoms with Crippen molar-refractivity contribution in [2.24, 2.45) is 0 Å². The Kier molecular flexibility index (Phi) is 4.39. The van der Waals surface area contributed by atoms with Crippen LogP contribution in [0.15, 0.2) is 42.5 Å². The van der Waals surface area contributed by atoms with E-state index in [1.807, 2.05) is 12.1 Å². The van der Waals surface area contributed by atoms with Crippen LogP contribution in [0, 0.1) is 10.5 Å². The summed E-state index contributed by atoms with van der Waals surface area (Å²) in [6.07, 6.45) is 0. The van der Waals surface area contributed by atoms with E-state index < -0.39 is 5.97 Å². The highest BCUT2D eigenvalue weighted by molar-refractivity contribution is 14.1. The van der Waals surface area contributed by atoms with Gasteiger partial charge in [0.15, 0.2) is 0 Å². The average molecular weight is 381 g/mol. The van der Waals surface area contributed by atoms with E-state index in [2.05, 4.69) is 27.9 Å². The van der Waals surface area contributed by atoms with Crippen molar-refractivity contribution in [3.05, 3.63) is 62.7 Å². The van der Waals surface area contributed by atoms with Crippen LogP contribution < -0.4 is 5.32 Å². The number of hydrogen-bond acceptors (Lipinski definition) is 2. The van der Waals surface area contributed by atoms with Crippen LogP contribution in [0.25, 0.3) is 0 Å². The number of anilines is 1. The number of amides is 1. The van der Waals surface area contributed by atoms with E-state index in [4.69, 9.17) is 5.11 Å². The van der Waals surface area contributed by atoms with Crippen molar-refractivity contribution < 1.29 is 14.7 Å². The molecule has 5 heteroatoms. The van der Waals surface area contributed by atoms with Crippen molar-refractivity contribution in [3.8, 4) is 0 Å². The van der Waals surface area contributed by atoms with Gasteiger partial charge in [0.1, 0.15) is 0 Å². The second kappa shape index (κ2) is 6.04. The van der Waals surface area contributed by atoms with E-state index in [1.54, 1.807) is 25.1 Å². The van der Waals surface area contributed by atoms with Gasteiger partial charge in [-0.15, -0.1) is 0 Å². The number of benzene rings is 2. The predicted molar refractivity (Wildman–Crippen MR) is 85.3 cm³/mol. The molecule has 2 N–H and O–H groups in total. The van der Waals surface area contributed by atoms with Gasteiger partial charge < -0.3 is 10.4 Å². The number of halogens is 1. The van der Waals surface area contributed by atoms with Crippen molar-refractivity contribution in [3.63, 3.8) is 0 Å². The fourth-order valence-electron chi connectivity index (χ4n) is 1.76. The quantitative estimate of drug-likeness (QED) is 0.800. The number of hydrogen-bond donors (Lipinski definition) is 2. The van der Waals surface area contributed by atoms with Crippen molar-refractivity contribution in [2.45, 2.75) is 6.92 Å². The molecule has 2 aromatic rings. The molecule has 0 unspecified atom stereocenters. The topological polar surface area (TPSA) is 66.4 Å². The summed E-state index contributed by atoms with van der Waals surface area (Å²) >= 11 is 2.14. The van der Waals surface area contributed by atoms with Gasteiger partial charge in [0.05, 0.1) is 5.56 Å². The summed E-state index contributed by atoms with van der Waals surface area (Å²) in [5, 5.41) is 11.7. The highest BCUT2D eigenvalue weighted by atomic mass is 127. The first-order valence-electron chi connectivity index (χ1n) is 5.88. The van der Waals surface area contributed by atoms with E-state index in [0.29, 0.717) is 16.8 Å². The number of rotatable bonds is 3. The lowest BCUT2D eigenvalue weighted by Crippen LogP contribution is -2.13. The normalized spacial score (nSPS) is 10.1. The van der Waals surface area contributed by atoms with Gasteiger partial charge in [-0.3, -0.25) is 4.79 Å².